The van der Waals surface area contributed by atoms with Gasteiger partial charge in [0, 0.05) is 6.42 Å². The van der Waals surface area contributed by atoms with Crippen LogP contribution < -0.4 is 0 Å². The SMILES string of the molecule is CCC(C)CCCCCC/C=C\CC/C=C\CCCC(=O)OC. The summed E-state index contributed by atoms with van der Waals surface area (Å²) >= 11 is 0. The first-order chi connectivity index (χ1) is 11.2. The second-order valence-corrected chi connectivity index (χ2v) is 6.49. The summed E-state index contributed by atoms with van der Waals surface area (Å²) in [6.45, 7) is 4.64. The quantitative estimate of drug-likeness (QED) is 0.193. The molecular weight excluding hydrogens is 284 g/mol. The molecule has 0 amide bonds. The van der Waals surface area contributed by atoms with E-state index in [1.165, 1.54) is 52.1 Å². The zero-order valence-electron chi connectivity index (χ0n) is 15.7. The van der Waals surface area contributed by atoms with Gasteiger partial charge in [0.2, 0.25) is 0 Å². The highest BCUT2D eigenvalue weighted by Gasteiger charge is 1.98. The van der Waals surface area contributed by atoms with Gasteiger partial charge in [-0.3, -0.25) is 4.79 Å². The molecule has 0 saturated heterocycles. The second kappa shape index (κ2) is 17.3. The van der Waals surface area contributed by atoms with Gasteiger partial charge in [-0.15, -0.1) is 0 Å². The van der Waals surface area contributed by atoms with E-state index in [2.05, 4.69) is 42.9 Å². The van der Waals surface area contributed by atoms with E-state index in [1.807, 2.05) is 0 Å². The zero-order valence-corrected chi connectivity index (χ0v) is 15.7. The van der Waals surface area contributed by atoms with Gasteiger partial charge in [0.15, 0.2) is 0 Å². The van der Waals surface area contributed by atoms with Crippen molar-refractivity contribution in [1.29, 1.82) is 0 Å². The summed E-state index contributed by atoms with van der Waals surface area (Å²) in [7, 11) is 1.44. The molecule has 0 aliphatic rings. The van der Waals surface area contributed by atoms with E-state index < -0.39 is 0 Å². The van der Waals surface area contributed by atoms with Crippen molar-refractivity contribution in [2.45, 2.75) is 90.9 Å². The van der Waals surface area contributed by atoms with Crippen LogP contribution in [0.1, 0.15) is 90.9 Å². The van der Waals surface area contributed by atoms with E-state index in [9.17, 15) is 4.79 Å². The third-order valence-electron chi connectivity index (χ3n) is 4.33. The first-order valence-corrected chi connectivity index (χ1v) is 9.57. The number of unbranched alkanes of at least 4 members (excludes halogenated alkanes) is 6. The van der Waals surface area contributed by atoms with Crippen LogP contribution in [0, 0.1) is 5.92 Å². The average molecular weight is 323 g/mol. The van der Waals surface area contributed by atoms with Gasteiger partial charge in [0.25, 0.3) is 0 Å². The number of rotatable bonds is 15. The van der Waals surface area contributed by atoms with Gasteiger partial charge in [-0.1, -0.05) is 70.3 Å². The van der Waals surface area contributed by atoms with E-state index in [1.54, 1.807) is 0 Å². The maximum atomic E-state index is 10.9. The molecule has 1 atom stereocenters. The molecular formula is C21H38O2. The molecule has 0 bridgehead atoms. The van der Waals surface area contributed by atoms with Gasteiger partial charge in [0.1, 0.15) is 0 Å². The molecule has 0 aliphatic carbocycles. The molecule has 0 aliphatic heterocycles. The van der Waals surface area contributed by atoms with Crippen LogP contribution in [0.25, 0.3) is 0 Å². The predicted molar refractivity (Wildman–Crippen MR) is 101 cm³/mol. The number of allylic oxidation sites excluding steroid dienone is 4. The lowest BCUT2D eigenvalue weighted by Crippen LogP contribution is -1.98. The van der Waals surface area contributed by atoms with Gasteiger partial charge >= 0.3 is 5.97 Å². The second-order valence-electron chi connectivity index (χ2n) is 6.49. The van der Waals surface area contributed by atoms with E-state index in [-0.39, 0.29) is 5.97 Å². The van der Waals surface area contributed by atoms with Gasteiger partial charge in [-0.05, 0) is 44.4 Å². The highest BCUT2D eigenvalue weighted by atomic mass is 16.5. The molecule has 2 nitrogen and oxygen atoms in total. The smallest absolute Gasteiger partial charge is 0.305 e. The molecule has 0 N–H and O–H groups in total. The molecule has 0 rings (SSSR count). The Morgan fingerprint density at radius 2 is 1.43 bits per heavy atom. The fraction of sp³-hybridized carbons (Fsp3) is 0.762. The normalized spacial score (nSPS) is 13.0. The Hall–Kier alpha value is -1.05. The van der Waals surface area contributed by atoms with Gasteiger partial charge in [0.05, 0.1) is 7.11 Å². The fourth-order valence-electron chi connectivity index (χ4n) is 2.44. The molecule has 0 spiro atoms. The van der Waals surface area contributed by atoms with Gasteiger partial charge in [-0.25, -0.2) is 0 Å². The third-order valence-corrected chi connectivity index (χ3v) is 4.33. The van der Waals surface area contributed by atoms with Crippen LogP contribution in [0.4, 0.5) is 0 Å². The molecule has 0 radical (unpaired) electrons. The van der Waals surface area contributed by atoms with Crippen LogP contribution >= 0.6 is 0 Å². The van der Waals surface area contributed by atoms with Crippen molar-refractivity contribution < 1.29 is 9.53 Å². The average Bonchev–Trinajstić information content (AvgIpc) is 2.57. The fourth-order valence-corrected chi connectivity index (χ4v) is 2.44. The van der Waals surface area contributed by atoms with Crippen molar-refractivity contribution in [2.75, 3.05) is 7.11 Å². The van der Waals surface area contributed by atoms with Crippen LogP contribution in [0.3, 0.4) is 0 Å². The molecule has 2 heteroatoms. The van der Waals surface area contributed by atoms with E-state index in [4.69, 9.17) is 0 Å². The standard InChI is InChI=1S/C21H38O2/c1-4-20(2)18-16-14-12-10-8-6-5-7-9-11-13-15-17-19-21(22)23-3/h5-6,11,13,20H,4,7-10,12,14-19H2,1-3H3/b6-5-,13-11-. The summed E-state index contributed by atoms with van der Waals surface area (Å²) in [6, 6.07) is 0. The summed E-state index contributed by atoms with van der Waals surface area (Å²) in [6.07, 6.45) is 23.1. The van der Waals surface area contributed by atoms with Crippen molar-refractivity contribution in [3.8, 4) is 0 Å². The highest BCUT2D eigenvalue weighted by Crippen LogP contribution is 2.13. The monoisotopic (exact) mass is 322 g/mol. The minimum Gasteiger partial charge on any atom is -0.469 e. The summed E-state index contributed by atoms with van der Waals surface area (Å²) in [4.78, 5) is 10.9. The Kier molecular flexibility index (Phi) is 16.5. The summed E-state index contributed by atoms with van der Waals surface area (Å²) < 4.78 is 4.61. The van der Waals surface area contributed by atoms with E-state index in [0.717, 1.165) is 31.6 Å². The Morgan fingerprint density at radius 1 is 0.870 bits per heavy atom. The van der Waals surface area contributed by atoms with Crippen LogP contribution in [0.5, 0.6) is 0 Å². The lowest BCUT2D eigenvalue weighted by molar-refractivity contribution is -0.140. The molecule has 0 aromatic rings. The maximum absolute atomic E-state index is 10.9. The molecule has 0 aromatic carbocycles. The first-order valence-electron chi connectivity index (χ1n) is 9.57. The predicted octanol–water partition coefficient (Wildman–Crippen LogP) is 6.61. The zero-order chi connectivity index (χ0) is 17.2. The topological polar surface area (TPSA) is 26.3 Å². The minimum atomic E-state index is -0.110. The summed E-state index contributed by atoms with van der Waals surface area (Å²) in [5.74, 6) is 0.796. The third kappa shape index (κ3) is 17.1. The van der Waals surface area contributed by atoms with Crippen LogP contribution in [-0.2, 0) is 9.53 Å². The largest absolute Gasteiger partial charge is 0.469 e. The molecule has 0 aromatic heterocycles. The number of carbonyl (C=O) groups excluding carboxylic acids is 1. The Labute approximate surface area is 144 Å². The highest BCUT2D eigenvalue weighted by molar-refractivity contribution is 5.68. The maximum Gasteiger partial charge on any atom is 0.305 e. The number of hydrogen-bond donors (Lipinski definition) is 0. The minimum absolute atomic E-state index is 0.110. The van der Waals surface area contributed by atoms with Crippen LogP contribution in [-0.4, -0.2) is 13.1 Å². The summed E-state index contributed by atoms with van der Waals surface area (Å²) in [5.41, 5.74) is 0. The first kappa shape index (κ1) is 21.9. The molecule has 0 heterocycles. The Balaban J connectivity index is 3.27. The number of ether oxygens (including phenoxy) is 1. The van der Waals surface area contributed by atoms with E-state index in [0.29, 0.717) is 6.42 Å². The summed E-state index contributed by atoms with van der Waals surface area (Å²) in [5, 5.41) is 0. The van der Waals surface area contributed by atoms with Crippen LogP contribution in [0.2, 0.25) is 0 Å². The molecule has 0 fully saturated rings. The van der Waals surface area contributed by atoms with Crippen molar-refractivity contribution in [3.63, 3.8) is 0 Å². The van der Waals surface area contributed by atoms with E-state index >= 15 is 0 Å². The van der Waals surface area contributed by atoms with Gasteiger partial charge in [-0.2, -0.15) is 0 Å². The number of carbonyl (C=O) groups is 1. The van der Waals surface area contributed by atoms with Crippen molar-refractivity contribution >= 4 is 5.97 Å². The molecule has 1 unspecified atom stereocenters. The lowest BCUT2D eigenvalue weighted by Gasteiger charge is -2.06. The molecule has 0 saturated carbocycles. The Bertz CT molecular complexity index is 318. The van der Waals surface area contributed by atoms with Crippen molar-refractivity contribution in [1.82, 2.24) is 0 Å². The number of esters is 1. The van der Waals surface area contributed by atoms with Crippen LogP contribution in [0.15, 0.2) is 24.3 Å². The number of methoxy groups -OCH3 is 1. The number of hydrogen-bond acceptors (Lipinski definition) is 2. The lowest BCUT2D eigenvalue weighted by atomic mass is 10.00. The van der Waals surface area contributed by atoms with Crippen molar-refractivity contribution in [2.24, 2.45) is 5.92 Å². The molecule has 134 valence electrons. The van der Waals surface area contributed by atoms with Crippen molar-refractivity contribution in [3.05, 3.63) is 24.3 Å². The molecule has 23 heavy (non-hydrogen) atoms. The van der Waals surface area contributed by atoms with Gasteiger partial charge < -0.3 is 4.74 Å². The Morgan fingerprint density at radius 3 is 2.04 bits per heavy atom.